The quantitative estimate of drug-likeness (QED) is 0.780. The van der Waals surface area contributed by atoms with Crippen LogP contribution < -0.4 is 5.73 Å². The van der Waals surface area contributed by atoms with Crippen LogP contribution in [0.1, 0.15) is 10.4 Å². The highest BCUT2D eigenvalue weighted by Crippen LogP contribution is 2.19. The van der Waals surface area contributed by atoms with Gasteiger partial charge in [-0.2, -0.15) is 0 Å². The van der Waals surface area contributed by atoms with Gasteiger partial charge in [-0.15, -0.1) is 0 Å². The highest BCUT2D eigenvalue weighted by atomic mass is 19.1. The zero-order valence-electron chi connectivity index (χ0n) is 10.0. The van der Waals surface area contributed by atoms with E-state index < -0.39 is 23.7 Å². The van der Waals surface area contributed by atoms with E-state index in [0.29, 0.717) is 0 Å². The maximum atomic E-state index is 13.6. The molecule has 1 fully saturated rings. The van der Waals surface area contributed by atoms with Gasteiger partial charge in [0.1, 0.15) is 17.6 Å². The van der Waals surface area contributed by atoms with Crippen LogP contribution in [-0.2, 0) is 9.53 Å². The number of aromatic hydroxyl groups is 1. The van der Waals surface area contributed by atoms with Crippen LogP contribution >= 0.6 is 0 Å². The lowest BCUT2D eigenvalue weighted by Gasteiger charge is -2.33. The summed E-state index contributed by atoms with van der Waals surface area (Å²) in [6.45, 7) is 0.419. The Kier molecular flexibility index (Phi) is 3.66. The van der Waals surface area contributed by atoms with Crippen LogP contribution in [0, 0.1) is 5.82 Å². The van der Waals surface area contributed by atoms with Crippen LogP contribution in [0.3, 0.4) is 0 Å². The van der Waals surface area contributed by atoms with Crippen LogP contribution in [0.15, 0.2) is 18.2 Å². The Morgan fingerprint density at radius 3 is 2.84 bits per heavy atom. The third-order valence-electron chi connectivity index (χ3n) is 2.90. The number of morpholine rings is 1. The van der Waals surface area contributed by atoms with Gasteiger partial charge in [-0.05, 0) is 12.1 Å². The summed E-state index contributed by atoms with van der Waals surface area (Å²) in [5.41, 5.74) is 4.97. The minimum absolute atomic E-state index is 0.000770. The lowest BCUT2D eigenvalue weighted by atomic mass is 10.1. The Labute approximate surface area is 108 Å². The molecule has 102 valence electrons. The van der Waals surface area contributed by atoms with Crippen LogP contribution in [0.25, 0.3) is 0 Å². The normalized spacial score (nSPS) is 19.2. The molecule has 1 unspecified atom stereocenters. The third-order valence-corrected chi connectivity index (χ3v) is 2.90. The maximum absolute atomic E-state index is 13.6. The smallest absolute Gasteiger partial charge is 0.257 e. The van der Waals surface area contributed by atoms with Gasteiger partial charge in [0.05, 0.1) is 18.8 Å². The molecule has 1 aromatic rings. The van der Waals surface area contributed by atoms with E-state index in [1.807, 2.05) is 0 Å². The first-order valence-corrected chi connectivity index (χ1v) is 5.67. The molecule has 3 N–H and O–H groups in total. The van der Waals surface area contributed by atoms with Crippen LogP contribution in [0.4, 0.5) is 4.39 Å². The average molecular weight is 268 g/mol. The SMILES string of the molecule is NC(=O)C1COCCN1C(=O)c1ccc(O)cc1F. The molecule has 1 aliphatic rings. The number of carbonyl (C=O) groups excluding carboxylic acids is 2. The first-order chi connectivity index (χ1) is 9.00. The second kappa shape index (κ2) is 5.23. The summed E-state index contributed by atoms with van der Waals surface area (Å²) in [6, 6.07) is 2.30. The van der Waals surface area contributed by atoms with E-state index >= 15 is 0 Å². The number of ether oxygens (including phenoxy) is 1. The van der Waals surface area contributed by atoms with E-state index in [1.165, 1.54) is 17.0 Å². The molecular formula is C12H13FN2O4. The number of rotatable bonds is 2. The molecule has 0 aromatic heterocycles. The second-order valence-corrected chi connectivity index (χ2v) is 4.16. The molecule has 19 heavy (non-hydrogen) atoms. The lowest BCUT2D eigenvalue weighted by Crippen LogP contribution is -2.54. The number of phenolic OH excluding ortho intramolecular Hbond substituents is 1. The number of carbonyl (C=O) groups is 2. The standard InChI is InChI=1S/C12H13FN2O4/c13-9-5-7(16)1-2-8(9)12(18)15-3-4-19-6-10(15)11(14)17/h1-2,5,10,16H,3-4,6H2,(H2,14,17). The van der Waals surface area contributed by atoms with Gasteiger partial charge in [0.2, 0.25) is 5.91 Å². The fourth-order valence-electron chi connectivity index (χ4n) is 1.91. The Morgan fingerprint density at radius 1 is 1.47 bits per heavy atom. The van der Waals surface area contributed by atoms with Gasteiger partial charge in [0.15, 0.2) is 0 Å². The van der Waals surface area contributed by atoms with Crippen molar-refractivity contribution in [3.05, 3.63) is 29.6 Å². The van der Waals surface area contributed by atoms with E-state index in [4.69, 9.17) is 15.6 Å². The Morgan fingerprint density at radius 2 is 2.21 bits per heavy atom. The molecule has 0 aliphatic carbocycles. The van der Waals surface area contributed by atoms with Crippen molar-refractivity contribution in [1.82, 2.24) is 4.90 Å². The number of primary amides is 1. The fraction of sp³-hybridized carbons (Fsp3) is 0.333. The van der Waals surface area contributed by atoms with E-state index in [1.54, 1.807) is 0 Å². The van der Waals surface area contributed by atoms with Crippen molar-refractivity contribution in [2.24, 2.45) is 5.73 Å². The van der Waals surface area contributed by atoms with Crippen LogP contribution in [-0.4, -0.2) is 47.6 Å². The predicted octanol–water partition coefficient (Wildman–Crippen LogP) is -0.142. The Hall–Kier alpha value is -2.15. The number of hydrogen-bond donors (Lipinski definition) is 2. The van der Waals surface area contributed by atoms with Crippen LogP contribution in [0.5, 0.6) is 5.75 Å². The van der Waals surface area contributed by atoms with E-state index in [2.05, 4.69) is 0 Å². The molecule has 1 aliphatic heterocycles. The Balaban J connectivity index is 2.28. The Bertz CT molecular complexity index is 520. The lowest BCUT2D eigenvalue weighted by molar-refractivity contribution is -0.127. The van der Waals surface area contributed by atoms with E-state index in [0.717, 1.165) is 6.07 Å². The molecule has 7 heteroatoms. The van der Waals surface area contributed by atoms with Crippen molar-refractivity contribution in [2.45, 2.75) is 6.04 Å². The molecule has 0 saturated carbocycles. The van der Waals surface area contributed by atoms with Crippen molar-refractivity contribution in [2.75, 3.05) is 19.8 Å². The fourth-order valence-corrected chi connectivity index (χ4v) is 1.91. The molecular weight excluding hydrogens is 255 g/mol. The number of amides is 2. The third kappa shape index (κ3) is 2.65. The molecule has 1 saturated heterocycles. The minimum atomic E-state index is -0.908. The summed E-state index contributed by atoms with van der Waals surface area (Å²) in [5.74, 6) is -2.47. The first-order valence-electron chi connectivity index (χ1n) is 5.67. The monoisotopic (exact) mass is 268 g/mol. The zero-order chi connectivity index (χ0) is 14.0. The number of halogens is 1. The maximum Gasteiger partial charge on any atom is 0.257 e. The van der Waals surface area contributed by atoms with Crippen molar-refractivity contribution < 1.29 is 23.8 Å². The van der Waals surface area contributed by atoms with Gasteiger partial charge in [0.25, 0.3) is 5.91 Å². The number of phenols is 1. The van der Waals surface area contributed by atoms with Gasteiger partial charge in [0, 0.05) is 12.6 Å². The zero-order valence-corrected chi connectivity index (χ0v) is 10.0. The number of nitrogens with zero attached hydrogens (tertiary/aromatic N) is 1. The van der Waals surface area contributed by atoms with Gasteiger partial charge in [-0.1, -0.05) is 0 Å². The van der Waals surface area contributed by atoms with Gasteiger partial charge in [-0.3, -0.25) is 9.59 Å². The van der Waals surface area contributed by atoms with Crippen molar-refractivity contribution in [3.63, 3.8) is 0 Å². The predicted molar refractivity (Wildman–Crippen MR) is 62.9 cm³/mol. The molecule has 0 bridgehead atoms. The summed E-state index contributed by atoms with van der Waals surface area (Å²) in [6.07, 6.45) is 0. The van der Waals surface area contributed by atoms with Crippen LogP contribution in [0.2, 0.25) is 0 Å². The summed E-state index contributed by atoms with van der Waals surface area (Å²) in [5, 5.41) is 9.11. The van der Waals surface area contributed by atoms with Gasteiger partial charge in [-0.25, -0.2) is 4.39 Å². The summed E-state index contributed by atoms with van der Waals surface area (Å²) >= 11 is 0. The summed E-state index contributed by atoms with van der Waals surface area (Å²) in [7, 11) is 0. The topological polar surface area (TPSA) is 92.9 Å². The molecule has 1 atom stereocenters. The van der Waals surface area contributed by atoms with Crippen molar-refractivity contribution >= 4 is 11.8 Å². The van der Waals surface area contributed by atoms with E-state index in [-0.39, 0.29) is 31.1 Å². The molecule has 6 nitrogen and oxygen atoms in total. The molecule has 0 spiro atoms. The molecule has 2 rings (SSSR count). The van der Waals surface area contributed by atoms with Gasteiger partial charge < -0.3 is 20.5 Å². The molecule has 1 aromatic carbocycles. The first kappa shape index (κ1) is 13.3. The van der Waals surface area contributed by atoms with Gasteiger partial charge >= 0.3 is 0 Å². The molecule has 0 radical (unpaired) electrons. The second-order valence-electron chi connectivity index (χ2n) is 4.16. The summed E-state index contributed by atoms with van der Waals surface area (Å²) in [4.78, 5) is 24.6. The summed E-state index contributed by atoms with van der Waals surface area (Å²) < 4.78 is 18.7. The highest BCUT2D eigenvalue weighted by molar-refractivity contribution is 5.97. The minimum Gasteiger partial charge on any atom is -0.508 e. The largest absolute Gasteiger partial charge is 0.508 e. The molecule has 2 amide bonds. The van der Waals surface area contributed by atoms with Crippen molar-refractivity contribution in [3.8, 4) is 5.75 Å². The number of hydrogen-bond acceptors (Lipinski definition) is 4. The molecule has 1 heterocycles. The van der Waals surface area contributed by atoms with E-state index in [9.17, 15) is 14.0 Å². The number of benzene rings is 1. The average Bonchev–Trinajstić information content (AvgIpc) is 2.38. The number of nitrogens with two attached hydrogens (primary N) is 1. The highest BCUT2D eigenvalue weighted by Gasteiger charge is 2.32. The van der Waals surface area contributed by atoms with Crippen molar-refractivity contribution in [1.29, 1.82) is 0 Å².